The van der Waals surface area contributed by atoms with Crippen LogP contribution in [0.15, 0.2) is 36.4 Å². The molecule has 0 radical (unpaired) electrons. The molecule has 0 aromatic heterocycles. The Bertz CT molecular complexity index is 932. The Kier molecular flexibility index (Phi) is 3.03. The standard InChI is InChI=1S/C22H23NO4/c1-20(2)21(3)10-11-22(20,27-19(21)26)18(25)23-12-13-8-9-16(17(23)24)15-7-5-4-6-14(13)15/h4-9,13,16H,10-12H2,1-3H3/t13-,16-,21+,22-/m1/s1. The fraction of sp³-hybridized carbons (Fsp3) is 0.500. The number of hydrogen-bond donors (Lipinski definition) is 0. The molecular weight excluding hydrogens is 342 g/mol. The van der Waals surface area contributed by atoms with E-state index in [1.165, 1.54) is 4.90 Å². The van der Waals surface area contributed by atoms with E-state index >= 15 is 0 Å². The van der Waals surface area contributed by atoms with Crippen molar-refractivity contribution in [1.82, 2.24) is 4.90 Å². The van der Waals surface area contributed by atoms with Gasteiger partial charge in [0, 0.05) is 17.9 Å². The number of rotatable bonds is 1. The van der Waals surface area contributed by atoms with Crippen LogP contribution in [-0.2, 0) is 19.1 Å². The van der Waals surface area contributed by atoms with Gasteiger partial charge in [-0.1, -0.05) is 50.3 Å². The number of nitrogens with zero attached hydrogens (tertiary/aromatic N) is 1. The highest BCUT2D eigenvalue weighted by Gasteiger charge is 2.76. The summed E-state index contributed by atoms with van der Waals surface area (Å²) in [5.74, 6) is -1.35. The van der Waals surface area contributed by atoms with E-state index in [4.69, 9.17) is 4.74 Å². The van der Waals surface area contributed by atoms with Gasteiger partial charge in [-0.3, -0.25) is 19.3 Å². The molecule has 4 bridgehead atoms. The summed E-state index contributed by atoms with van der Waals surface area (Å²) in [6, 6.07) is 7.89. The first kappa shape index (κ1) is 16.7. The van der Waals surface area contributed by atoms with Gasteiger partial charge >= 0.3 is 5.97 Å². The highest BCUT2D eigenvalue weighted by atomic mass is 16.6. The minimum Gasteiger partial charge on any atom is -0.448 e. The van der Waals surface area contributed by atoms with Crippen LogP contribution in [0.2, 0.25) is 0 Å². The number of amides is 2. The molecule has 3 aliphatic heterocycles. The SMILES string of the molecule is CC1(C)[C@@]2(C)CC[C@]1(C(=O)N1C[C@H]3C=C[C@@H](C1=O)c1ccccc13)OC2=O. The van der Waals surface area contributed by atoms with Crippen molar-refractivity contribution in [1.29, 1.82) is 0 Å². The third-order valence-corrected chi connectivity index (χ3v) is 7.85. The summed E-state index contributed by atoms with van der Waals surface area (Å²) in [5.41, 5.74) is -0.505. The van der Waals surface area contributed by atoms with E-state index in [0.29, 0.717) is 19.4 Å². The first-order valence-electron chi connectivity index (χ1n) is 9.59. The summed E-state index contributed by atoms with van der Waals surface area (Å²) >= 11 is 0. The van der Waals surface area contributed by atoms with Gasteiger partial charge in [0.25, 0.3) is 5.91 Å². The van der Waals surface area contributed by atoms with E-state index in [2.05, 4.69) is 0 Å². The molecule has 140 valence electrons. The third kappa shape index (κ3) is 1.73. The van der Waals surface area contributed by atoms with Gasteiger partial charge in [0.1, 0.15) is 0 Å². The highest BCUT2D eigenvalue weighted by molar-refractivity contribution is 6.06. The zero-order chi connectivity index (χ0) is 19.2. The van der Waals surface area contributed by atoms with E-state index in [1.807, 2.05) is 57.2 Å². The Morgan fingerprint density at radius 1 is 1.07 bits per heavy atom. The van der Waals surface area contributed by atoms with Crippen LogP contribution in [0.1, 0.15) is 56.6 Å². The van der Waals surface area contributed by atoms with Crippen LogP contribution in [0.25, 0.3) is 0 Å². The fourth-order valence-electron chi connectivity index (χ4n) is 5.54. The van der Waals surface area contributed by atoms with Crippen molar-refractivity contribution in [3.05, 3.63) is 47.5 Å². The van der Waals surface area contributed by atoms with Crippen molar-refractivity contribution in [2.24, 2.45) is 10.8 Å². The van der Waals surface area contributed by atoms with E-state index < -0.39 is 22.3 Å². The lowest BCUT2D eigenvalue weighted by atomic mass is 9.66. The molecule has 2 amide bonds. The zero-order valence-electron chi connectivity index (χ0n) is 15.8. The number of carbonyl (C=O) groups excluding carboxylic acids is 3. The summed E-state index contributed by atoms with van der Waals surface area (Å²) in [6.45, 7) is 6.02. The molecule has 1 saturated carbocycles. The zero-order valence-corrected chi connectivity index (χ0v) is 15.8. The number of carbonyl (C=O) groups is 3. The first-order chi connectivity index (χ1) is 12.7. The average Bonchev–Trinajstić information content (AvgIpc) is 2.83. The van der Waals surface area contributed by atoms with Gasteiger partial charge in [0.05, 0.1) is 11.3 Å². The normalized spacial score (nSPS) is 38.0. The van der Waals surface area contributed by atoms with Crippen LogP contribution in [0.4, 0.5) is 0 Å². The van der Waals surface area contributed by atoms with Crippen molar-refractivity contribution in [2.45, 2.75) is 51.0 Å². The summed E-state index contributed by atoms with van der Waals surface area (Å²) in [5, 5.41) is 0. The van der Waals surface area contributed by atoms with Crippen LogP contribution in [0.5, 0.6) is 0 Å². The van der Waals surface area contributed by atoms with Crippen LogP contribution in [0.3, 0.4) is 0 Å². The molecule has 0 N–H and O–H groups in total. The Hall–Kier alpha value is -2.43. The summed E-state index contributed by atoms with van der Waals surface area (Å²) in [4.78, 5) is 40.9. The predicted octanol–water partition coefficient (Wildman–Crippen LogP) is 2.91. The fourth-order valence-corrected chi connectivity index (χ4v) is 5.54. The largest absolute Gasteiger partial charge is 0.448 e. The smallest absolute Gasteiger partial charge is 0.313 e. The molecule has 5 heteroatoms. The van der Waals surface area contributed by atoms with E-state index in [9.17, 15) is 14.4 Å². The number of imide groups is 1. The molecule has 0 spiro atoms. The minimum absolute atomic E-state index is 0.0164. The van der Waals surface area contributed by atoms with Crippen molar-refractivity contribution >= 4 is 17.8 Å². The molecule has 0 unspecified atom stereocenters. The van der Waals surface area contributed by atoms with E-state index in [-0.39, 0.29) is 23.7 Å². The van der Waals surface area contributed by atoms with Crippen LogP contribution < -0.4 is 0 Å². The lowest BCUT2D eigenvalue weighted by molar-refractivity contribution is -0.176. The quantitative estimate of drug-likeness (QED) is 0.436. The molecule has 5 nitrogen and oxygen atoms in total. The summed E-state index contributed by atoms with van der Waals surface area (Å²) < 4.78 is 5.74. The topological polar surface area (TPSA) is 63.7 Å². The first-order valence-corrected chi connectivity index (χ1v) is 9.59. The molecule has 1 aromatic carbocycles. The number of esters is 1. The maximum atomic E-state index is 13.7. The lowest BCUT2D eigenvalue weighted by Crippen LogP contribution is -2.57. The van der Waals surface area contributed by atoms with Gasteiger partial charge in [-0.15, -0.1) is 0 Å². The van der Waals surface area contributed by atoms with Crippen LogP contribution >= 0.6 is 0 Å². The predicted molar refractivity (Wildman–Crippen MR) is 97.7 cm³/mol. The second-order valence-corrected chi connectivity index (χ2v) is 9.03. The Balaban J connectivity index is 1.57. The number of benzene rings is 1. The van der Waals surface area contributed by atoms with E-state index in [0.717, 1.165) is 11.1 Å². The van der Waals surface area contributed by atoms with Gasteiger partial charge in [-0.05, 0) is 30.9 Å². The summed E-state index contributed by atoms with van der Waals surface area (Å²) in [7, 11) is 0. The Labute approximate surface area is 158 Å². The molecular formula is C22H23NO4. The average molecular weight is 365 g/mol. The Morgan fingerprint density at radius 2 is 1.78 bits per heavy atom. The monoisotopic (exact) mass is 365 g/mol. The number of hydrogen-bond acceptors (Lipinski definition) is 4. The van der Waals surface area contributed by atoms with Gasteiger partial charge in [0.15, 0.2) is 5.60 Å². The third-order valence-electron chi connectivity index (χ3n) is 7.85. The van der Waals surface area contributed by atoms with Crippen molar-refractivity contribution in [2.75, 3.05) is 6.54 Å². The molecule has 3 heterocycles. The maximum absolute atomic E-state index is 13.7. The molecule has 6 rings (SSSR count). The van der Waals surface area contributed by atoms with Gasteiger partial charge in [-0.25, -0.2) is 0 Å². The summed E-state index contributed by atoms with van der Waals surface area (Å²) in [6.07, 6.45) is 5.02. The second-order valence-electron chi connectivity index (χ2n) is 9.03. The van der Waals surface area contributed by atoms with Crippen LogP contribution in [-0.4, -0.2) is 34.8 Å². The molecule has 27 heavy (non-hydrogen) atoms. The molecule has 4 atom stereocenters. The molecule has 1 saturated heterocycles. The van der Waals surface area contributed by atoms with E-state index in [1.54, 1.807) is 0 Å². The van der Waals surface area contributed by atoms with Crippen molar-refractivity contribution in [3.8, 4) is 0 Å². The maximum Gasteiger partial charge on any atom is 0.313 e. The molecule has 5 aliphatic rings. The molecule has 1 aromatic rings. The van der Waals surface area contributed by atoms with Gasteiger partial charge in [-0.2, -0.15) is 0 Å². The van der Waals surface area contributed by atoms with Gasteiger partial charge in [0.2, 0.25) is 5.91 Å². The van der Waals surface area contributed by atoms with Crippen molar-refractivity contribution in [3.63, 3.8) is 0 Å². The second kappa shape index (κ2) is 4.89. The lowest BCUT2D eigenvalue weighted by Gasteiger charge is -2.38. The molecule has 2 fully saturated rings. The van der Waals surface area contributed by atoms with Gasteiger partial charge < -0.3 is 4.74 Å². The minimum atomic E-state index is -1.25. The number of ether oxygens (including phenoxy) is 1. The molecule has 2 aliphatic carbocycles. The van der Waals surface area contributed by atoms with Crippen molar-refractivity contribution < 1.29 is 19.1 Å². The highest BCUT2D eigenvalue weighted by Crippen LogP contribution is 2.66. The Morgan fingerprint density at radius 3 is 2.41 bits per heavy atom. The number of fused-ring (bicyclic) bond motifs is 4. The van der Waals surface area contributed by atoms with Crippen LogP contribution in [0, 0.1) is 10.8 Å².